The number of carbonyl (C=O) groups is 2. The molecule has 0 unspecified atom stereocenters. The average molecular weight is 360 g/mol. The summed E-state index contributed by atoms with van der Waals surface area (Å²) in [4.78, 5) is 43.7. The van der Waals surface area contributed by atoms with Crippen LogP contribution in [0.25, 0.3) is 4.96 Å². The molecule has 0 bridgehead atoms. The molecule has 2 aromatic heterocycles. The molecule has 8 heteroatoms. The van der Waals surface area contributed by atoms with Gasteiger partial charge in [-0.3, -0.25) is 18.9 Å². The maximum Gasteiger partial charge on any atom is 0.325 e. The van der Waals surface area contributed by atoms with Crippen LogP contribution in [0, 0.1) is 0 Å². The Morgan fingerprint density at radius 1 is 1.12 bits per heavy atom. The third-order valence-corrected chi connectivity index (χ3v) is 5.89. The van der Waals surface area contributed by atoms with Crippen LogP contribution in [0.4, 0.5) is 4.79 Å². The SMILES string of the molecule is O=C1NC2(CCCCCCC2)C(=O)N1Cc1cc(=O)n2ccsc2n1. The van der Waals surface area contributed by atoms with Crippen molar-refractivity contribution in [1.29, 1.82) is 0 Å². The molecule has 3 amide bonds. The molecule has 1 saturated carbocycles. The topological polar surface area (TPSA) is 83.8 Å². The zero-order valence-corrected chi connectivity index (χ0v) is 14.7. The standard InChI is InChI=1S/C17H20N4O3S/c22-13-10-12(18-16-20(13)8-9-25-16)11-21-14(23)17(19-15(21)24)6-4-2-1-3-5-7-17/h8-10H,1-7,11H2,(H,19,24). The van der Waals surface area contributed by atoms with E-state index in [1.165, 1.54) is 33.1 Å². The quantitative estimate of drug-likeness (QED) is 0.833. The van der Waals surface area contributed by atoms with Crippen LogP contribution in [0.3, 0.4) is 0 Å². The van der Waals surface area contributed by atoms with Gasteiger partial charge in [-0.25, -0.2) is 9.78 Å². The van der Waals surface area contributed by atoms with Crippen molar-refractivity contribution in [3.63, 3.8) is 0 Å². The van der Waals surface area contributed by atoms with E-state index in [-0.39, 0.29) is 24.0 Å². The molecular formula is C17H20N4O3S. The van der Waals surface area contributed by atoms with Crippen molar-refractivity contribution in [2.75, 3.05) is 0 Å². The maximum absolute atomic E-state index is 13.0. The number of fused-ring (bicyclic) bond motifs is 1. The minimum Gasteiger partial charge on any atom is -0.323 e. The van der Waals surface area contributed by atoms with Gasteiger partial charge >= 0.3 is 6.03 Å². The summed E-state index contributed by atoms with van der Waals surface area (Å²) in [5.74, 6) is -0.174. The molecule has 0 radical (unpaired) electrons. The number of thiazole rings is 1. The van der Waals surface area contributed by atoms with Crippen molar-refractivity contribution in [3.05, 3.63) is 33.7 Å². The monoisotopic (exact) mass is 360 g/mol. The first-order valence-electron chi connectivity index (χ1n) is 8.69. The highest BCUT2D eigenvalue weighted by atomic mass is 32.1. The van der Waals surface area contributed by atoms with Gasteiger partial charge in [-0.1, -0.05) is 32.1 Å². The van der Waals surface area contributed by atoms with E-state index in [0.717, 1.165) is 25.7 Å². The van der Waals surface area contributed by atoms with Gasteiger partial charge in [0.05, 0.1) is 12.2 Å². The second-order valence-electron chi connectivity index (χ2n) is 6.81. The fourth-order valence-electron chi connectivity index (χ4n) is 3.80. The van der Waals surface area contributed by atoms with Gasteiger partial charge in [0.1, 0.15) is 5.54 Å². The van der Waals surface area contributed by atoms with E-state index in [2.05, 4.69) is 10.3 Å². The summed E-state index contributed by atoms with van der Waals surface area (Å²) < 4.78 is 1.45. The van der Waals surface area contributed by atoms with Gasteiger partial charge in [-0.15, -0.1) is 11.3 Å². The predicted molar refractivity (Wildman–Crippen MR) is 93.5 cm³/mol. The van der Waals surface area contributed by atoms with Crippen LogP contribution in [0.15, 0.2) is 22.4 Å². The van der Waals surface area contributed by atoms with Crippen LogP contribution in [-0.2, 0) is 11.3 Å². The van der Waals surface area contributed by atoms with E-state index in [1.807, 2.05) is 0 Å². The number of urea groups is 1. The molecule has 1 aliphatic carbocycles. The number of hydrogen-bond donors (Lipinski definition) is 1. The molecule has 132 valence electrons. The molecule has 25 heavy (non-hydrogen) atoms. The zero-order valence-electron chi connectivity index (χ0n) is 13.9. The molecule has 2 aliphatic rings. The van der Waals surface area contributed by atoms with E-state index in [9.17, 15) is 14.4 Å². The molecule has 0 atom stereocenters. The lowest BCUT2D eigenvalue weighted by Crippen LogP contribution is -2.47. The van der Waals surface area contributed by atoms with E-state index < -0.39 is 5.54 Å². The van der Waals surface area contributed by atoms with E-state index in [4.69, 9.17) is 0 Å². The normalized spacial score (nSPS) is 20.7. The highest BCUT2D eigenvalue weighted by Gasteiger charge is 2.50. The number of nitrogens with zero attached hydrogens (tertiary/aromatic N) is 3. The molecule has 1 spiro atoms. The summed E-state index contributed by atoms with van der Waals surface area (Å²) >= 11 is 1.35. The Bertz CT molecular complexity index is 879. The van der Waals surface area contributed by atoms with Crippen molar-refractivity contribution >= 4 is 28.2 Å². The molecule has 2 fully saturated rings. The van der Waals surface area contributed by atoms with Gasteiger partial charge in [0, 0.05) is 17.6 Å². The summed E-state index contributed by atoms with van der Waals surface area (Å²) in [7, 11) is 0. The number of rotatable bonds is 2. The Morgan fingerprint density at radius 3 is 2.60 bits per heavy atom. The van der Waals surface area contributed by atoms with Crippen LogP contribution >= 0.6 is 11.3 Å². The molecule has 0 aromatic carbocycles. The largest absolute Gasteiger partial charge is 0.325 e. The number of nitrogens with one attached hydrogen (secondary N) is 1. The van der Waals surface area contributed by atoms with Crippen molar-refractivity contribution in [2.24, 2.45) is 0 Å². The van der Waals surface area contributed by atoms with Crippen molar-refractivity contribution in [2.45, 2.75) is 57.0 Å². The van der Waals surface area contributed by atoms with Crippen molar-refractivity contribution in [3.8, 4) is 0 Å². The number of aromatic nitrogens is 2. The highest BCUT2D eigenvalue weighted by molar-refractivity contribution is 7.15. The summed E-state index contributed by atoms with van der Waals surface area (Å²) in [6.45, 7) is 0.0378. The lowest BCUT2D eigenvalue weighted by Gasteiger charge is -2.28. The van der Waals surface area contributed by atoms with Gasteiger partial charge in [-0.05, 0) is 12.8 Å². The van der Waals surface area contributed by atoms with Crippen molar-refractivity contribution in [1.82, 2.24) is 19.6 Å². The van der Waals surface area contributed by atoms with E-state index >= 15 is 0 Å². The van der Waals surface area contributed by atoms with E-state index in [0.29, 0.717) is 23.5 Å². The Hall–Kier alpha value is -2.22. The Kier molecular flexibility index (Phi) is 4.07. The van der Waals surface area contributed by atoms with Crippen LogP contribution in [0.1, 0.15) is 50.6 Å². The van der Waals surface area contributed by atoms with Crippen LogP contribution < -0.4 is 10.9 Å². The summed E-state index contributed by atoms with van der Waals surface area (Å²) in [5.41, 5.74) is -0.521. The fraction of sp³-hybridized carbons (Fsp3) is 0.529. The second kappa shape index (κ2) is 6.25. The van der Waals surface area contributed by atoms with Gasteiger partial charge in [0.15, 0.2) is 4.96 Å². The molecule has 1 N–H and O–H groups in total. The van der Waals surface area contributed by atoms with Crippen LogP contribution in [0.2, 0.25) is 0 Å². The number of imide groups is 1. The third-order valence-electron chi connectivity index (χ3n) is 5.13. The lowest BCUT2D eigenvalue weighted by molar-refractivity contribution is -0.132. The third kappa shape index (κ3) is 2.84. The van der Waals surface area contributed by atoms with Crippen molar-refractivity contribution < 1.29 is 9.59 Å². The zero-order chi connectivity index (χ0) is 17.4. The van der Waals surface area contributed by atoms with Crippen LogP contribution in [-0.4, -0.2) is 31.8 Å². The van der Waals surface area contributed by atoms with Gasteiger partial charge in [0.25, 0.3) is 11.5 Å². The van der Waals surface area contributed by atoms with Gasteiger partial charge < -0.3 is 5.32 Å². The first-order valence-corrected chi connectivity index (χ1v) is 9.57. The minimum atomic E-state index is -0.764. The maximum atomic E-state index is 13.0. The second-order valence-corrected chi connectivity index (χ2v) is 7.69. The molecule has 1 aliphatic heterocycles. The van der Waals surface area contributed by atoms with Gasteiger partial charge in [-0.2, -0.15) is 0 Å². The molecule has 3 heterocycles. The predicted octanol–water partition coefficient (Wildman–Crippen LogP) is 2.29. The van der Waals surface area contributed by atoms with Crippen LogP contribution in [0.5, 0.6) is 0 Å². The number of hydrogen-bond acceptors (Lipinski definition) is 5. The number of carbonyl (C=O) groups excluding carboxylic acids is 2. The first-order chi connectivity index (χ1) is 12.1. The molecule has 2 aromatic rings. The smallest absolute Gasteiger partial charge is 0.323 e. The lowest BCUT2D eigenvalue weighted by atomic mass is 9.84. The molecule has 7 nitrogen and oxygen atoms in total. The summed E-state index contributed by atoms with van der Waals surface area (Å²) in [6.07, 6.45) is 8.31. The minimum absolute atomic E-state index is 0.0378. The van der Waals surface area contributed by atoms with Gasteiger partial charge in [0.2, 0.25) is 0 Å². The average Bonchev–Trinajstić information content (AvgIpc) is 3.11. The summed E-state index contributed by atoms with van der Waals surface area (Å²) in [5, 5.41) is 4.72. The highest BCUT2D eigenvalue weighted by Crippen LogP contribution is 2.32. The summed E-state index contributed by atoms with van der Waals surface area (Å²) in [6, 6.07) is 1.02. The Morgan fingerprint density at radius 2 is 1.84 bits per heavy atom. The first kappa shape index (κ1) is 16.3. The fourth-order valence-corrected chi connectivity index (χ4v) is 4.54. The molecule has 1 saturated heterocycles. The molecule has 4 rings (SSSR count). The number of amides is 3. The molecular weight excluding hydrogens is 340 g/mol. The Labute approximate surface area is 148 Å². The Balaban J connectivity index is 1.60. The van der Waals surface area contributed by atoms with E-state index in [1.54, 1.807) is 11.6 Å².